The summed E-state index contributed by atoms with van der Waals surface area (Å²) in [5.74, 6) is 0.242. The molecule has 0 saturated heterocycles. The summed E-state index contributed by atoms with van der Waals surface area (Å²) < 4.78 is 5.06. The minimum atomic E-state index is -0.936. The van der Waals surface area contributed by atoms with E-state index >= 15 is 0 Å². The highest BCUT2D eigenvalue weighted by atomic mass is 16.6. The second-order valence-electron chi connectivity index (χ2n) is 5.33. The lowest BCUT2D eigenvalue weighted by Crippen LogP contribution is -2.32. The third-order valence-corrected chi connectivity index (χ3v) is 3.98. The molecular weight excluding hydrogens is 322 g/mol. The first-order valence-electron chi connectivity index (χ1n) is 7.38. The fourth-order valence-corrected chi connectivity index (χ4v) is 2.74. The summed E-state index contributed by atoms with van der Waals surface area (Å²) in [5, 5.41) is 20.7. The smallest absolute Gasteiger partial charge is 0.277 e. The highest BCUT2D eigenvalue weighted by molar-refractivity contribution is 5.96. The minimum absolute atomic E-state index is 0.0921. The van der Waals surface area contributed by atoms with Gasteiger partial charge >= 0.3 is 0 Å². The predicted octanol–water partition coefficient (Wildman–Crippen LogP) is 3.29. The number of methoxy groups -OCH3 is 1. The Balaban J connectivity index is 2.00. The van der Waals surface area contributed by atoms with Gasteiger partial charge in [-0.05, 0) is 30.3 Å². The number of nitriles is 1. The molecule has 0 aromatic heterocycles. The number of ether oxygens (including phenoxy) is 1. The van der Waals surface area contributed by atoms with E-state index in [1.54, 1.807) is 30.3 Å². The average Bonchev–Trinajstić information content (AvgIpc) is 2.65. The molecule has 2 aromatic rings. The molecule has 0 aliphatic carbocycles. The van der Waals surface area contributed by atoms with Crippen LogP contribution >= 0.6 is 0 Å². The Kier molecular flexibility index (Phi) is 4.18. The van der Waals surface area contributed by atoms with Crippen molar-refractivity contribution in [3.63, 3.8) is 0 Å². The summed E-state index contributed by atoms with van der Waals surface area (Å²) in [4.78, 5) is 24.7. The Hall–Kier alpha value is -3.66. The van der Waals surface area contributed by atoms with Gasteiger partial charge in [-0.25, -0.2) is 0 Å². The van der Waals surface area contributed by atoms with Crippen molar-refractivity contribution in [2.24, 2.45) is 0 Å². The number of amides is 1. The topological polar surface area (TPSA) is 96.5 Å². The van der Waals surface area contributed by atoms with Gasteiger partial charge in [-0.1, -0.05) is 12.1 Å². The van der Waals surface area contributed by atoms with Gasteiger partial charge < -0.3 is 4.74 Å². The molecule has 2 aromatic carbocycles. The number of nitro groups is 1. The van der Waals surface area contributed by atoms with E-state index in [1.807, 2.05) is 0 Å². The van der Waals surface area contributed by atoms with Crippen LogP contribution in [0.5, 0.6) is 5.75 Å². The Morgan fingerprint density at radius 1 is 1.28 bits per heavy atom. The van der Waals surface area contributed by atoms with Crippen LogP contribution in [0.3, 0.4) is 0 Å². The van der Waals surface area contributed by atoms with Gasteiger partial charge in [0.1, 0.15) is 11.8 Å². The van der Waals surface area contributed by atoms with Crippen molar-refractivity contribution in [1.29, 1.82) is 5.26 Å². The number of nitrogens with zero attached hydrogens (tertiary/aromatic N) is 3. The van der Waals surface area contributed by atoms with Crippen molar-refractivity contribution in [2.45, 2.75) is 6.04 Å². The largest absolute Gasteiger partial charge is 0.497 e. The summed E-state index contributed by atoms with van der Waals surface area (Å²) in [6, 6.07) is 12.1. The second-order valence-corrected chi connectivity index (χ2v) is 5.33. The maximum Gasteiger partial charge on any atom is 0.277 e. The monoisotopic (exact) mass is 335 g/mol. The van der Waals surface area contributed by atoms with Gasteiger partial charge in [-0.2, -0.15) is 5.26 Å². The number of benzene rings is 2. The summed E-state index contributed by atoms with van der Waals surface area (Å²) in [5.41, 5.74) is 1.07. The molecule has 0 unspecified atom stereocenters. The Morgan fingerprint density at radius 2 is 2.00 bits per heavy atom. The van der Waals surface area contributed by atoms with Crippen LogP contribution in [0.1, 0.15) is 27.5 Å². The van der Waals surface area contributed by atoms with Gasteiger partial charge in [0.25, 0.3) is 11.6 Å². The number of rotatable bonds is 3. The van der Waals surface area contributed by atoms with Crippen molar-refractivity contribution in [3.8, 4) is 11.8 Å². The van der Waals surface area contributed by atoms with E-state index in [9.17, 15) is 20.2 Å². The summed E-state index contributed by atoms with van der Waals surface area (Å²) in [6.07, 6.45) is 2.90. The van der Waals surface area contributed by atoms with Gasteiger partial charge in [0.2, 0.25) is 0 Å². The van der Waals surface area contributed by atoms with Gasteiger partial charge in [0.15, 0.2) is 0 Å². The van der Waals surface area contributed by atoms with Crippen molar-refractivity contribution in [2.75, 3.05) is 7.11 Å². The average molecular weight is 335 g/mol. The van der Waals surface area contributed by atoms with Crippen LogP contribution in [0, 0.1) is 21.4 Å². The molecule has 1 amide bonds. The fraction of sp³-hybridized carbons (Fsp3) is 0.111. The van der Waals surface area contributed by atoms with Crippen molar-refractivity contribution in [1.82, 2.24) is 4.90 Å². The molecule has 7 nitrogen and oxygen atoms in total. The molecule has 0 spiro atoms. The molecule has 124 valence electrons. The summed E-state index contributed by atoms with van der Waals surface area (Å²) in [6.45, 7) is 0. The third-order valence-electron chi connectivity index (χ3n) is 3.98. The molecule has 0 fully saturated rings. The standard InChI is InChI=1S/C18H13N3O4/c1-25-13-7-5-12(6-8-13)18(22)20-10-9-15-14(17(20)11-19)3-2-4-16(15)21(23)24/h2-10,17H,1H3/t17-/m0/s1. The number of fused-ring (bicyclic) bond motifs is 1. The Labute approximate surface area is 143 Å². The first-order valence-corrected chi connectivity index (χ1v) is 7.38. The second kappa shape index (κ2) is 6.45. The number of hydrogen-bond acceptors (Lipinski definition) is 5. The van der Waals surface area contributed by atoms with E-state index in [1.165, 1.54) is 36.4 Å². The Bertz CT molecular complexity index is 913. The van der Waals surface area contributed by atoms with Crippen molar-refractivity contribution < 1.29 is 14.5 Å². The highest BCUT2D eigenvalue weighted by Gasteiger charge is 2.31. The maximum absolute atomic E-state index is 12.7. The molecule has 25 heavy (non-hydrogen) atoms. The zero-order valence-corrected chi connectivity index (χ0v) is 13.2. The molecular formula is C18H13N3O4. The number of carbonyl (C=O) groups excluding carboxylic acids is 1. The maximum atomic E-state index is 12.7. The van der Waals surface area contributed by atoms with E-state index in [0.717, 1.165) is 0 Å². The minimum Gasteiger partial charge on any atom is -0.497 e. The van der Waals surface area contributed by atoms with Crippen LogP contribution in [0.4, 0.5) is 5.69 Å². The molecule has 3 rings (SSSR count). The van der Waals surface area contributed by atoms with Crippen LogP contribution in [-0.4, -0.2) is 22.8 Å². The highest BCUT2D eigenvalue weighted by Crippen LogP contribution is 2.35. The van der Waals surface area contributed by atoms with E-state index in [0.29, 0.717) is 22.4 Å². The van der Waals surface area contributed by atoms with E-state index in [4.69, 9.17) is 4.74 Å². The predicted molar refractivity (Wildman–Crippen MR) is 89.6 cm³/mol. The van der Waals surface area contributed by atoms with Crippen LogP contribution in [0.2, 0.25) is 0 Å². The molecule has 1 heterocycles. The molecule has 1 aliphatic rings. The third kappa shape index (κ3) is 2.81. The lowest BCUT2D eigenvalue weighted by molar-refractivity contribution is -0.385. The SMILES string of the molecule is COc1ccc(C(=O)N2C=Cc3c(cccc3[N+](=O)[O-])[C@@H]2C#N)cc1. The quantitative estimate of drug-likeness (QED) is 0.633. The zero-order chi connectivity index (χ0) is 18.0. The van der Waals surface area contributed by atoms with Gasteiger partial charge in [0, 0.05) is 23.4 Å². The molecule has 0 radical (unpaired) electrons. The van der Waals surface area contributed by atoms with Crippen molar-refractivity contribution >= 4 is 17.7 Å². The fourth-order valence-electron chi connectivity index (χ4n) is 2.74. The molecule has 1 atom stereocenters. The number of carbonyl (C=O) groups is 1. The molecule has 0 saturated carbocycles. The van der Waals surface area contributed by atoms with Crippen LogP contribution in [0.15, 0.2) is 48.7 Å². The molecule has 7 heteroatoms. The van der Waals surface area contributed by atoms with Crippen LogP contribution in [0.25, 0.3) is 6.08 Å². The molecule has 1 aliphatic heterocycles. The van der Waals surface area contributed by atoms with Gasteiger partial charge in [-0.3, -0.25) is 19.8 Å². The Morgan fingerprint density at radius 3 is 2.60 bits per heavy atom. The van der Waals surface area contributed by atoms with E-state index < -0.39 is 11.0 Å². The molecule has 0 N–H and O–H groups in total. The summed E-state index contributed by atoms with van der Waals surface area (Å²) in [7, 11) is 1.53. The lowest BCUT2D eigenvalue weighted by Gasteiger charge is -2.28. The van der Waals surface area contributed by atoms with Crippen LogP contribution < -0.4 is 4.74 Å². The number of nitro benzene ring substituents is 1. The first-order chi connectivity index (χ1) is 12.1. The van der Waals surface area contributed by atoms with E-state index in [-0.39, 0.29) is 11.6 Å². The number of hydrogen-bond donors (Lipinski definition) is 0. The zero-order valence-electron chi connectivity index (χ0n) is 13.2. The normalized spacial score (nSPS) is 15.2. The summed E-state index contributed by atoms with van der Waals surface area (Å²) >= 11 is 0. The molecule has 0 bridgehead atoms. The van der Waals surface area contributed by atoms with E-state index in [2.05, 4.69) is 6.07 Å². The lowest BCUT2D eigenvalue weighted by atomic mass is 9.95. The first kappa shape index (κ1) is 16.2. The van der Waals surface area contributed by atoms with Gasteiger partial charge in [0.05, 0.1) is 23.7 Å². The van der Waals surface area contributed by atoms with Crippen LogP contribution in [-0.2, 0) is 0 Å². The van der Waals surface area contributed by atoms with Gasteiger partial charge in [-0.15, -0.1) is 0 Å². The van der Waals surface area contributed by atoms with Crippen molar-refractivity contribution in [3.05, 3.63) is 75.5 Å².